The van der Waals surface area contributed by atoms with Gasteiger partial charge in [-0.1, -0.05) is 30.3 Å². The lowest BCUT2D eigenvalue weighted by atomic mass is 10.2. The van der Waals surface area contributed by atoms with E-state index in [9.17, 15) is 8.78 Å². The standard InChI is InChI=1S/C20H25F2N3OS/c1-24(2)13-6-14-25(15-16-7-4-3-5-8-16)20(27)23-17-9-11-18(12-10-17)26-19(21)22/h3-5,7-12,19H,6,13-15H2,1-2H3,(H,23,27)/p+1. The van der Waals surface area contributed by atoms with Crippen molar-refractivity contribution in [1.29, 1.82) is 0 Å². The van der Waals surface area contributed by atoms with Gasteiger partial charge in [0.05, 0.1) is 20.6 Å². The van der Waals surface area contributed by atoms with Crippen LogP contribution < -0.4 is 15.0 Å². The fraction of sp³-hybridized carbons (Fsp3) is 0.350. The lowest BCUT2D eigenvalue weighted by Gasteiger charge is -2.26. The van der Waals surface area contributed by atoms with Gasteiger partial charge in [-0.3, -0.25) is 0 Å². The zero-order chi connectivity index (χ0) is 19.6. The van der Waals surface area contributed by atoms with E-state index in [1.165, 1.54) is 22.6 Å². The maximum Gasteiger partial charge on any atom is 0.387 e. The van der Waals surface area contributed by atoms with Crippen molar-refractivity contribution in [2.24, 2.45) is 0 Å². The van der Waals surface area contributed by atoms with Crippen LogP contribution in [0.1, 0.15) is 12.0 Å². The molecule has 4 nitrogen and oxygen atoms in total. The summed E-state index contributed by atoms with van der Waals surface area (Å²) < 4.78 is 28.9. The number of anilines is 1. The Bertz CT molecular complexity index is 696. The fourth-order valence-corrected chi connectivity index (χ4v) is 2.88. The minimum atomic E-state index is -2.83. The minimum Gasteiger partial charge on any atom is -0.435 e. The molecule has 2 rings (SSSR count). The maximum absolute atomic E-state index is 12.3. The molecule has 0 unspecified atom stereocenters. The first kappa shape index (κ1) is 21.1. The van der Waals surface area contributed by atoms with Crippen molar-refractivity contribution in [3.8, 4) is 5.75 Å². The van der Waals surface area contributed by atoms with Gasteiger partial charge in [-0.25, -0.2) is 0 Å². The number of nitrogens with one attached hydrogen (secondary N) is 2. The third-order valence-corrected chi connectivity index (χ3v) is 4.30. The Kier molecular flexibility index (Phi) is 8.42. The van der Waals surface area contributed by atoms with E-state index in [1.54, 1.807) is 12.1 Å². The third kappa shape index (κ3) is 7.88. The Labute approximate surface area is 164 Å². The Morgan fingerprint density at radius 3 is 2.37 bits per heavy atom. The van der Waals surface area contributed by atoms with Crippen LogP contribution >= 0.6 is 12.2 Å². The molecule has 0 aromatic heterocycles. The molecule has 0 saturated carbocycles. The van der Waals surface area contributed by atoms with Gasteiger partial charge < -0.3 is 19.9 Å². The second kappa shape index (κ2) is 10.8. The zero-order valence-corrected chi connectivity index (χ0v) is 16.4. The molecule has 0 aliphatic rings. The number of hydrogen-bond acceptors (Lipinski definition) is 2. The van der Waals surface area contributed by atoms with Crippen LogP contribution in [0, 0.1) is 0 Å². The molecule has 2 N–H and O–H groups in total. The van der Waals surface area contributed by atoms with E-state index in [0.29, 0.717) is 11.7 Å². The molecular formula is C20H26F2N3OS+. The van der Waals surface area contributed by atoms with E-state index in [1.807, 2.05) is 18.2 Å². The molecule has 2 aromatic rings. The first-order chi connectivity index (χ1) is 12.9. The van der Waals surface area contributed by atoms with Gasteiger partial charge in [0.2, 0.25) is 0 Å². The number of hydrogen-bond donors (Lipinski definition) is 2. The molecule has 0 radical (unpaired) electrons. The highest BCUT2D eigenvalue weighted by atomic mass is 32.1. The molecule has 0 aliphatic carbocycles. The summed E-state index contributed by atoms with van der Waals surface area (Å²) >= 11 is 5.60. The Morgan fingerprint density at radius 1 is 1.11 bits per heavy atom. The molecule has 0 amide bonds. The molecule has 146 valence electrons. The molecule has 2 aromatic carbocycles. The van der Waals surface area contributed by atoms with Gasteiger partial charge in [0, 0.05) is 25.2 Å². The van der Waals surface area contributed by atoms with Crippen LogP contribution in [0.4, 0.5) is 14.5 Å². The van der Waals surface area contributed by atoms with E-state index < -0.39 is 6.61 Å². The van der Waals surface area contributed by atoms with Gasteiger partial charge in [-0.05, 0) is 42.0 Å². The molecule has 0 heterocycles. The number of alkyl halides is 2. The minimum absolute atomic E-state index is 0.122. The SMILES string of the molecule is C[NH+](C)CCCN(Cc1ccccc1)C(=S)Nc1ccc(OC(F)F)cc1. The van der Waals surface area contributed by atoms with Crippen molar-refractivity contribution in [2.45, 2.75) is 19.6 Å². The summed E-state index contributed by atoms with van der Waals surface area (Å²) in [6.45, 7) is -0.237. The van der Waals surface area contributed by atoms with Gasteiger partial charge in [-0.2, -0.15) is 8.78 Å². The molecule has 0 fully saturated rings. The van der Waals surface area contributed by atoms with Crippen LogP contribution in [-0.4, -0.2) is 43.8 Å². The topological polar surface area (TPSA) is 28.9 Å². The average molecular weight is 395 g/mol. The van der Waals surface area contributed by atoms with E-state index in [-0.39, 0.29) is 5.75 Å². The first-order valence-corrected chi connectivity index (χ1v) is 9.28. The van der Waals surface area contributed by atoms with Crippen molar-refractivity contribution in [1.82, 2.24) is 4.90 Å². The van der Waals surface area contributed by atoms with Crippen LogP contribution in [0.2, 0.25) is 0 Å². The number of thiocarbonyl (C=S) groups is 1. The molecule has 27 heavy (non-hydrogen) atoms. The zero-order valence-electron chi connectivity index (χ0n) is 15.6. The quantitative estimate of drug-likeness (QED) is 0.640. The van der Waals surface area contributed by atoms with E-state index in [4.69, 9.17) is 12.2 Å². The molecule has 0 spiro atoms. The van der Waals surface area contributed by atoms with E-state index in [0.717, 1.165) is 25.2 Å². The molecule has 0 bridgehead atoms. The summed E-state index contributed by atoms with van der Waals surface area (Å²) in [4.78, 5) is 3.51. The summed E-state index contributed by atoms with van der Waals surface area (Å²) in [5, 5.41) is 3.80. The predicted octanol–water partition coefficient (Wildman–Crippen LogP) is 3.02. The number of benzene rings is 2. The molecule has 7 heteroatoms. The van der Waals surface area contributed by atoms with Crippen LogP contribution in [0.25, 0.3) is 0 Å². The lowest BCUT2D eigenvalue weighted by molar-refractivity contribution is -0.858. The largest absolute Gasteiger partial charge is 0.435 e. The normalized spacial score (nSPS) is 10.9. The van der Waals surface area contributed by atoms with Gasteiger partial charge in [-0.15, -0.1) is 0 Å². The van der Waals surface area contributed by atoms with Crippen LogP contribution in [0.5, 0.6) is 5.75 Å². The highest BCUT2D eigenvalue weighted by molar-refractivity contribution is 7.80. The van der Waals surface area contributed by atoms with Crippen LogP contribution in [0.3, 0.4) is 0 Å². The summed E-state index contributed by atoms with van der Waals surface area (Å²) in [6, 6.07) is 16.5. The van der Waals surface area contributed by atoms with Crippen LogP contribution in [0.15, 0.2) is 54.6 Å². The highest BCUT2D eigenvalue weighted by Gasteiger charge is 2.12. The number of quaternary nitrogens is 1. The van der Waals surface area contributed by atoms with E-state index >= 15 is 0 Å². The maximum atomic E-state index is 12.3. The van der Waals surface area contributed by atoms with Gasteiger partial charge >= 0.3 is 6.61 Å². The summed E-state index contributed by atoms with van der Waals surface area (Å²) in [5.41, 5.74) is 1.91. The summed E-state index contributed by atoms with van der Waals surface area (Å²) in [5.74, 6) is 0.122. The number of halogens is 2. The Morgan fingerprint density at radius 2 is 1.78 bits per heavy atom. The van der Waals surface area contributed by atoms with Gasteiger partial charge in [0.1, 0.15) is 5.75 Å². The highest BCUT2D eigenvalue weighted by Crippen LogP contribution is 2.18. The molecule has 0 atom stereocenters. The van der Waals surface area contributed by atoms with Crippen molar-refractivity contribution < 1.29 is 18.4 Å². The first-order valence-electron chi connectivity index (χ1n) is 8.88. The van der Waals surface area contributed by atoms with Crippen LogP contribution in [-0.2, 0) is 6.54 Å². The fourth-order valence-electron chi connectivity index (χ4n) is 2.60. The predicted molar refractivity (Wildman–Crippen MR) is 108 cm³/mol. The summed E-state index contributed by atoms with van der Waals surface area (Å²) in [7, 11) is 4.25. The van der Waals surface area contributed by atoms with Crippen molar-refractivity contribution in [3.05, 3.63) is 60.2 Å². The number of nitrogens with zero attached hydrogens (tertiary/aromatic N) is 1. The monoisotopic (exact) mass is 394 g/mol. The van der Waals surface area contributed by atoms with Crippen molar-refractivity contribution >= 4 is 23.0 Å². The van der Waals surface area contributed by atoms with Crippen molar-refractivity contribution in [2.75, 3.05) is 32.5 Å². The smallest absolute Gasteiger partial charge is 0.387 e. The lowest BCUT2D eigenvalue weighted by Crippen LogP contribution is -3.05. The second-order valence-electron chi connectivity index (χ2n) is 6.55. The van der Waals surface area contributed by atoms with Crippen molar-refractivity contribution in [3.63, 3.8) is 0 Å². The Balaban J connectivity index is 2.00. The van der Waals surface area contributed by atoms with Gasteiger partial charge in [0.25, 0.3) is 0 Å². The van der Waals surface area contributed by atoms with E-state index in [2.05, 4.69) is 41.2 Å². The van der Waals surface area contributed by atoms with Gasteiger partial charge in [0.15, 0.2) is 5.11 Å². The molecule has 0 aliphatic heterocycles. The second-order valence-corrected chi connectivity index (χ2v) is 6.94. The molecular weight excluding hydrogens is 368 g/mol. The number of ether oxygens (including phenoxy) is 1. The third-order valence-electron chi connectivity index (χ3n) is 3.94. The Hall–Kier alpha value is -2.25. The molecule has 0 saturated heterocycles. The number of rotatable bonds is 9. The summed E-state index contributed by atoms with van der Waals surface area (Å²) in [6.07, 6.45) is 1.01. The average Bonchev–Trinajstić information content (AvgIpc) is 2.62.